The zero-order valence-electron chi connectivity index (χ0n) is 13.8. The second kappa shape index (κ2) is 7.99. The van der Waals surface area contributed by atoms with Gasteiger partial charge in [-0.25, -0.2) is 0 Å². The van der Waals surface area contributed by atoms with Crippen LogP contribution in [0.1, 0.15) is 25.8 Å². The molecule has 1 heterocycles. The van der Waals surface area contributed by atoms with Gasteiger partial charge in [-0.3, -0.25) is 4.79 Å². The topological polar surface area (TPSA) is 45.3 Å². The molecule has 120 valence electrons. The fraction of sp³-hybridized carbons (Fsp3) is 0.500. The number of carbonyl (C=O) groups excluding carboxylic acids is 1. The van der Waals surface area contributed by atoms with Crippen LogP contribution in [-0.2, 0) is 16.0 Å². The van der Waals surface area contributed by atoms with Crippen molar-refractivity contribution in [2.24, 2.45) is 5.92 Å². The number of aromatic nitrogens is 1. The number of nitrogens with zero attached hydrogens (tertiary/aromatic N) is 1. The number of aromatic amines is 1. The van der Waals surface area contributed by atoms with Crippen molar-refractivity contribution in [2.45, 2.75) is 26.7 Å². The van der Waals surface area contributed by atoms with E-state index >= 15 is 0 Å². The van der Waals surface area contributed by atoms with Crippen LogP contribution < -0.4 is 0 Å². The molecule has 0 radical (unpaired) electrons. The summed E-state index contributed by atoms with van der Waals surface area (Å²) in [6.45, 7) is 6.31. The van der Waals surface area contributed by atoms with Gasteiger partial charge in [-0.1, -0.05) is 32.0 Å². The minimum atomic E-state index is 0.205. The van der Waals surface area contributed by atoms with Crippen molar-refractivity contribution in [1.29, 1.82) is 0 Å². The van der Waals surface area contributed by atoms with Crippen molar-refractivity contribution < 1.29 is 9.53 Å². The first kappa shape index (κ1) is 16.6. The first-order valence-electron chi connectivity index (χ1n) is 7.93. The van der Waals surface area contributed by atoms with Crippen LogP contribution in [0.3, 0.4) is 0 Å². The highest BCUT2D eigenvalue weighted by atomic mass is 16.5. The highest BCUT2D eigenvalue weighted by molar-refractivity contribution is 5.84. The van der Waals surface area contributed by atoms with Crippen molar-refractivity contribution in [3.8, 4) is 0 Å². The number of methoxy groups -OCH3 is 1. The maximum atomic E-state index is 12.5. The number of amides is 1. The van der Waals surface area contributed by atoms with Crippen molar-refractivity contribution in [1.82, 2.24) is 9.88 Å². The summed E-state index contributed by atoms with van der Waals surface area (Å²) >= 11 is 0. The predicted octanol–water partition coefficient (Wildman–Crippen LogP) is 3.23. The molecule has 0 bridgehead atoms. The van der Waals surface area contributed by atoms with E-state index in [0.29, 0.717) is 25.5 Å². The van der Waals surface area contributed by atoms with Crippen molar-refractivity contribution >= 4 is 16.8 Å². The number of para-hydroxylation sites is 1. The van der Waals surface area contributed by atoms with E-state index in [4.69, 9.17) is 4.74 Å². The van der Waals surface area contributed by atoms with Gasteiger partial charge in [-0.15, -0.1) is 0 Å². The smallest absolute Gasteiger partial charge is 0.222 e. The van der Waals surface area contributed by atoms with Crippen LogP contribution in [0.25, 0.3) is 10.9 Å². The number of H-pyrrole nitrogens is 1. The Kier molecular flexibility index (Phi) is 6.01. The average molecular weight is 302 g/mol. The Balaban J connectivity index is 1.97. The van der Waals surface area contributed by atoms with E-state index in [1.165, 1.54) is 10.9 Å². The van der Waals surface area contributed by atoms with Crippen LogP contribution in [-0.4, -0.2) is 42.6 Å². The SMILES string of the molecule is COCCN(CC(C)C)C(=O)CCc1c[nH]c2ccccc12. The minimum Gasteiger partial charge on any atom is -0.383 e. The Morgan fingerprint density at radius 2 is 2.09 bits per heavy atom. The summed E-state index contributed by atoms with van der Waals surface area (Å²) in [5.74, 6) is 0.671. The Morgan fingerprint density at radius 3 is 2.82 bits per heavy atom. The lowest BCUT2D eigenvalue weighted by Crippen LogP contribution is -2.36. The highest BCUT2D eigenvalue weighted by Gasteiger charge is 2.15. The van der Waals surface area contributed by atoms with Gasteiger partial charge in [-0.05, 0) is 24.0 Å². The molecule has 0 aliphatic heterocycles. The molecule has 0 fully saturated rings. The predicted molar refractivity (Wildman–Crippen MR) is 89.9 cm³/mol. The summed E-state index contributed by atoms with van der Waals surface area (Å²) < 4.78 is 5.11. The Bertz CT molecular complexity index is 604. The second-order valence-corrected chi connectivity index (χ2v) is 6.09. The first-order chi connectivity index (χ1) is 10.6. The number of ether oxygens (including phenoxy) is 1. The van der Waals surface area contributed by atoms with Gasteiger partial charge in [0.05, 0.1) is 6.61 Å². The largest absolute Gasteiger partial charge is 0.383 e. The number of hydrogen-bond acceptors (Lipinski definition) is 2. The summed E-state index contributed by atoms with van der Waals surface area (Å²) in [5.41, 5.74) is 2.34. The molecule has 0 spiro atoms. The quantitative estimate of drug-likeness (QED) is 0.813. The lowest BCUT2D eigenvalue weighted by Gasteiger charge is -2.24. The van der Waals surface area contributed by atoms with Gasteiger partial charge in [0.1, 0.15) is 0 Å². The Morgan fingerprint density at radius 1 is 1.32 bits per heavy atom. The van der Waals surface area contributed by atoms with E-state index in [1.54, 1.807) is 7.11 Å². The first-order valence-corrected chi connectivity index (χ1v) is 7.93. The third-order valence-electron chi connectivity index (χ3n) is 3.79. The summed E-state index contributed by atoms with van der Waals surface area (Å²) in [6.07, 6.45) is 3.32. The van der Waals surface area contributed by atoms with Gasteiger partial charge < -0.3 is 14.6 Å². The summed E-state index contributed by atoms with van der Waals surface area (Å²) in [7, 11) is 1.67. The minimum absolute atomic E-state index is 0.205. The number of carbonyl (C=O) groups is 1. The third-order valence-corrected chi connectivity index (χ3v) is 3.79. The van der Waals surface area contributed by atoms with Crippen LogP contribution in [0.4, 0.5) is 0 Å². The molecule has 0 aliphatic carbocycles. The van der Waals surface area contributed by atoms with Crippen molar-refractivity contribution in [3.63, 3.8) is 0 Å². The van der Waals surface area contributed by atoms with E-state index in [-0.39, 0.29) is 5.91 Å². The number of aryl methyl sites for hydroxylation is 1. The second-order valence-electron chi connectivity index (χ2n) is 6.09. The normalized spacial score (nSPS) is 11.3. The van der Waals surface area contributed by atoms with E-state index in [0.717, 1.165) is 18.5 Å². The number of nitrogens with one attached hydrogen (secondary N) is 1. The fourth-order valence-electron chi connectivity index (χ4n) is 2.70. The molecule has 0 saturated heterocycles. The molecule has 0 unspecified atom stereocenters. The maximum Gasteiger partial charge on any atom is 0.222 e. The highest BCUT2D eigenvalue weighted by Crippen LogP contribution is 2.19. The molecular formula is C18H26N2O2. The average Bonchev–Trinajstić information content (AvgIpc) is 2.92. The van der Waals surface area contributed by atoms with Crippen molar-refractivity contribution in [2.75, 3.05) is 26.8 Å². The van der Waals surface area contributed by atoms with Crippen LogP contribution in [0, 0.1) is 5.92 Å². The van der Waals surface area contributed by atoms with Gasteiger partial charge in [0.2, 0.25) is 5.91 Å². The fourth-order valence-corrected chi connectivity index (χ4v) is 2.70. The molecule has 1 aromatic carbocycles. The number of benzene rings is 1. The van der Waals surface area contributed by atoms with Crippen LogP contribution in [0.5, 0.6) is 0 Å². The van der Waals surface area contributed by atoms with Crippen LogP contribution in [0.15, 0.2) is 30.5 Å². The molecule has 2 aromatic rings. The number of rotatable bonds is 8. The van der Waals surface area contributed by atoms with E-state index in [1.807, 2.05) is 23.2 Å². The Hall–Kier alpha value is -1.81. The third kappa shape index (κ3) is 4.34. The molecule has 0 aliphatic rings. The lowest BCUT2D eigenvalue weighted by molar-refractivity contribution is -0.132. The summed E-state index contributed by atoms with van der Waals surface area (Å²) in [4.78, 5) is 17.7. The van der Waals surface area contributed by atoms with E-state index in [9.17, 15) is 4.79 Å². The number of hydrogen-bond donors (Lipinski definition) is 1. The molecule has 4 nitrogen and oxygen atoms in total. The molecule has 1 N–H and O–H groups in total. The molecule has 22 heavy (non-hydrogen) atoms. The van der Waals surface area contributed by atoms with Crippen LogP contribution >= 0.6 is 0 Å². The molecule has 0 saturated carbocycles. The van der Waals surface area contributed by atoms with Gasteiger partial charge >= 0.3 is 0 Å². The van der Waals surface area contributed by atoms with Crippen molar-refractivity contribution in [3.05, 3.63) is 36.0 Å². The van der Waals surface area contributed by atoms with Crippen LogP contribution in [0.2, 0.25) is 0 Å². The molecule has 1 aromatic heterocycles. The Labute approximate surface area is 132 Å². The summed E-state index contributed by atoms with van der Waals surface area (Å²) in [6, 6.07) is 8.21. The lowest BCUT2D eigenvalue weighted by atomic mass is 10.1. The van der Waals surface area contributed by atoms with Gasteiger partial charge in [0.25, 0.3) is 0 Å². The number of fused-ring (bicyclic) bond motifs is 1. The standard InChI is InChI=1S/C18H26N2O2/c1-14(2)13-20(10-11-22-3)18(21)9-8-15-12-19-17-7-5-4-6-16(15)17/h4-7,12,14,19H,8-11,13H2,1-3H3. The molecule has 1 amide bonds. The zero-order chi connectivity index (χ0) is 15.9. The molecule has 2 rings (SSSR count). The van der Waals surface area contributed by atoms with Gasteiger partial charge in [-0.2, -0.15) is 0 Å². The maximum absolute atomic E-state index is 12.5. The van der Waals surface area contributed by atoms with E-state index < -0.39 is 0 Å². The molecule has 4 heteroatoms. The zero-order valence-corrected chi connectivity index (χ0v) is 13.8. The van der Waals surface area contributed by atoms with E-state index in [2.05, 4.69) is 31.0 Å². The van der Waals surface area contributed by atoms with Gasteiger partial charge in [0.15, 0.2) is 0 Å². The molecular weight excluding hydrogens is 276 g/mol. The molecule has 0 atom stereocenters. The monoisotopic (exact) mass is 302 g/mol. The van der Waals surface area contributed by atoms with Gasteiger partial charge in [0, 0.05) is 43.7 Å². The summed E-state index contributed by atoms with van der Waals surface area (Å²) in [5, 5.41) is 1.21.